The van der Waals surface area contributed by atoms with Crippen LogP contribution < -0.4 is 10.2 Å². The maximum absolute atomic E-state index is 12.3. The SMILES string of the molecule is CC1(C)CN(CCSC(F)(F)F)c2ccccc2CN1. The van der Waals surface area contributed by atoms with Crippen LogP contribution in [0.25, 0.3) is 0 Å². The molecule has 1 aromatic rings. The first kappa shape index (κ1) is 15.5. The van der Waals surface area contributed by atoms with E-state index in [2.05, 4.69) is 19.2 Å². The Labute approximate surface area is 121 Å². The first-order chi connectivity index (χ1) is 9.27. The van der Waals surface area contributed by atoms with E-state index in [9.17, 15) is 13.2 Å². The number of thioether (sulfide) groups is 1. The molecular formula is C14H19F3N2S. The summed E-state index contributed by atoms with van der Waals surface area (Å²) in [6.07, 6.45) is 0. The van der Waals surface area contributed by atoms with Gasteiger partial charge in [0.15, 0.2) is 0 Å². The summed E-state index contributed by atoms with van der Waals surface area (Å²) in [5.41, 5.74) is -2.11. The molecule has 0 unspecified atom stereocenters. The molecule has 0 aliphatic carbocycles. The number of nitrogens with one attached hydrogen (secondary N) is 1. The second-order valence-electron chi connectivity index (χ2n) is 5.58. The van der Waals surface area contributed by atoms with Gasteiger partial charge in [0.05, 0.1) is 0 Å². The second kappa shape index (κ2) is 5.85. The average molecular weight is 304 g/mol. The van der Waals surface area contributed by atoms with Gasteiger partial charge in [-0.25, -0.2) is 0 Å². The van der Waals surface area contributed by atoms with Crippen molar-refractivity contribution in [2.45, 2.75) is 31.4 Å². The minimum absolute atomic E-state index is 0.0468. The predicted octanol–water partition coefficient (Wildman–Crippen LogP) is 3.63. The topological polar surface area (TPSA) is 15.3 Å². The average Bonchev–Trinajstić information content (AvgIpc) is 2.46. The van der Waals surface area contributed by atoms with Gasteiger partial charge in [0, 0.05) is 36.6 Å². The molecule has 0 spiro atoms. The van der Waals surface area contributed by atoms with Gasteiger partial charge < -0.3 is 10.2 Å². The Morgan fingerprint density at radius 1 is 1.30 bits per heavy atom. The van der Waals surface area contributed by atoms with E-state index in [1.807, 2.05) is 29.2 Å². The first-order valence-electron chi connectivity index (χ1n) is 6.55. The zero-order valence-electron chi connectivity index (χ0n) is 11.6. The van der Waals surface area contributed by atoms with E-state index in [0.717, 1.165) is 17.8 Å². The molecule has 0 fully saturated rings. The van der Waals surface area contributed by atoms with Crippen molar-refractivity contribution in [3.8, 4) is 0 Å². The molecule has 0 amide bonds. The van der Waals surface area contributed by atoms with Crippen LogP contribution in [0.1, 0.15) is 19.4 Å². The molecule has 0 atom stereocenters. The molecular weight excluding hydrogens is 285 g/mol. The molecule has 6 heteroatoms. The first-order valence-corrected chi connectivity index (χ1v) is 7.54. The lowest BCUT2D eigenvalue weighted by Crippen LogP contribution is -2.47. The predicted molar refractivity (Wildman–Crippen MR) is 78.1 cm³/mol. The summed E-state index contributed by atoms with van der Waals surface area (Å²) in [5.74, 6) is 0.0495. The Morgan fingerprint density at radius 2 is 2.00 bits per heavy atom. The molecule has 112 valence electrons. The number of nitrogens with zero attached hydrogens (tertiary/aromatic N) is 1. The largest absolute Gasteiger partial charge is 0.441 e. The molecule has 0 radical (unpaired) electrons. The van der Waals surface area contributed by atoms with Crippen LogP contribution >= 0.6 is 11.8 Å². The van der Waals surface area contributed by atoms with Crippen molar-refractivity contribution in [2.75, 3.05) is 23.7 Å². The molecule has 1 aliphatic rings. The fraction of sp³-hybridized carbons (Fsp3) is 0.571. The summed E-state index contributed by atoms with van der Waals surface area (Å²) in [6, 6.07) is 7.90. The summed E-state index contributed by atoms with van der Waals surface area (Å²) in [5, 5.41) is 3.44. The molecule has 20 heavy (non-hydrogen) atoms. The molecule has 1 aromatic carbocycles. The highest BCUT2D eigenvalue weighted by Crippen LogP contribution is 2.31. The monoisotopic (exact) mass is 304 g/mol. The van der Waals surface area contributed by atoms with Gasteiger partial charge in [-0.3, -0.25) is 0 Å². The Morgan fingerprint density at radius 3 is 2.70 bits per heavy atom. The van der Waals surface area contributed by atoms with E-state index in [0.29, 0.717) is 13.1 Å². The molecule has 1 aliphatic heterocycles. The van der Waals surface area contributed by atoms with Crippen LogP contribution in [0.5, 0.6) is 0 Å². The molecule has 1 N–H and O–H groups in total. The van der Waals surface area contributed by atoms with Crippen LogP contribution in [0.15, 0.2) is 24.3 Å². The highest BCUT2D eigenvalue weighted by Gasteiger charge is 2.30. The molecule has 0 aromatic heterocycles. The van der Waals surface area contributed by atoms with Crippen LogP contribution in [0.2, 0.25) is 0 Å². The second-order valence-corrected chi connectivity index (χ2v) is 6.74. The van der Waals surface area contributed by atoms with Gasteiger partial charge in [-0.2, -0.15) is 13.2 Å². The number of anilines is 1. The quantitative estimate of drug-likeness (QED) is 0.918. The maximum atomic E-state index is 12.3. The van der Waals surface area contributed by atoms with E-state index >= 15 is 0 Å². The number of rotatable bonds is 3. The number of hydrogen-bond donors (Lipinski definition) is 1. The van der Waals surface area contributed by atoms with Gasteiger partial charge in [0.2, 0.25) is 0 Å². The number of alkyl halides is 3. The van der Waals surface area contributed by atoms with Gasteiger partial charge >= 0.3 is 5.51 Å². The lowest BCUT2D eigenvalue weighted by molar-refractivity contribution is -0.0327. The van der Waals surface area contributed by atoms with E-state index < -0.39 is 5.51 Å². The number of benzene rings is 1. The summed E-state index contributed by atoms with van der Waals surface area (Å²) in [4.78, 5) is 2.05. The van der Waals surface area contributed by atoms with Gasteiger partial charge in [-0.05, 0) is 37.2 Å². The van der Waals surface area contributed by atoms with Crippen molar-refractivity contribution in [1.82, 2.24) is 5.32 Å². The number of para-hydroxylation sites is 1. The zero-order valence-corrected chi connectivity index (χ0v) is 12.4. The van der Waals surface area contributed by atoms with Crippen molar-refractivity contribution in [1.29, 1.82) is 0 Å². The molecule has 0 saturated carbocycles. The standard InChI is InChI=1S/C14H19F3N2S/c1-13(2)10-19(7-8-20-14(15,16)17)12-6-4-3-5-11(12)9-18-13/h3-6,18H,7-10H2,1-2H3. The Balaban J connectivity index is 2.11. The van der Waals surface area contributed by atoms with Crippen LogP contribution in [0, 0.1) is 0 Å². The van der Waals surface area contributed by atoms with Crippen LogP contribution in [-0.4, -0.2) is 29.9 Å². The van der Waals surface area contributed by atoms with E-state index in [1.165, 1.54) is 0 Å². The van der Waals surface area contributed by atoms with E-state index in [4.69, 9.17) is 0 Å². The molecule has 0 bridgehead atoms. The minimum Gasteiger partial charge on any atom is -0.369 e. The van der Waals surface area contributed by atoms with Gasteiger partial charge in [0.1, 0.15) is 0 Å². The number of halogens is 3. The van der Waals surface area contributed by atoms with Crippen LogP contribution in [-0.2, 0) is 6.54 Å². The summed E-state index contributed by atoms with van der Waals surface area (Å²) in [6.45, 7) is 5.98. The Kier molecular flexibility index (Phi) is 4.54. The minimum atomic E-state index is -4.15. The van der Waals surface area contributed by atoms with E-state index in [1.54, 1.807) is 0 Å². The molecule has 1 heterocycles. The highest BCUT2D eigenvalue weighted by molar-refractivity contribution is 8.00. The number of hydrogen-bond acceptors (Lipinski definition) is 3. The van der Waals surface area contributed by atoms with Crippen molar-refractivity contribution in [3.63, 3.8) is 0 Å². The Hall–Kier alpha value is -0.880. The smallest absolute Gasteiger partial charge is 0.369 e. The fourth-order valence-electron chi connectivity index (χ4n) is 2.39. The van der Waals surface area contributed by atoms with E-state index in [-0.39, 0.29) is 23.1 Å². The summed E-state index contributed by atoms with van der Waals surface area (Å²) < 4.78 is 36.8. The third kappa shape index (κ3) is 4.31. The summed E-state index contributed by atoms with van der Waals surface area (Å²) in [7, 11) is 0. The van der Waals surface area contributed by atoms with Crippen LogP contribution in [0.4, 0.5) is 18.9 Å². The lowest BCUT2D eigenvalue weighted by Gasteiger charge is -2.32. The molecule has 0 saturated heterocycles. The maximum Gasteiger partial charge on any atom is 0.441 e. The van der Waals surface area contributed by atoms with Crippen molar-refractivity contribution >= 4 is 17.4 Å². The lowest BCUT2D eigenvalue weighted by atomic mass is 10.1. The third-order valence-electron chi connectivity index (χ3n) is 3.30. The summed E-state index contributed by atoms with van der Waals surface area (Å²) >= 11 is 0.0468. The van der Waals surface area contributed by atoms with Gasteiger partial charge in [-0.15, -0.1) is 0 Å². The van der Waals surface area contributed by atoms with Crippen LogP contribution in [0.3, 0.4) is 0 Å². The highest BCUT2D eigenvalue weighted by atomic mass is 32.2. The van der Waals surface area contributed by atoms with Crippen molar-refractivity contribution in [3.05, 3.63) is 29.8 Å². The van der Waals surface area contributed by atoms with Gasteiger partial charge in [-0.1, -0.05) is 18.2 Å². The number of fused-ring (bicyclic) bond motifs is 1. The van der Waals surface area contributed by atoms with Crippen molar-refractivity contribution in [2.24, 2.45) is 0 Å². The normalized spacial score (nSPS) is 18.6. The fourth-order valence-corrected chi connectivity index (χ4v) is 2.94. The van der Waals surface area contributed by atoms with Gasteiger partial charge in [0.25, 0.3) is 0 Å². The molecule has 2 rings (SSSR count). The Bertz CT molecular complexity index is 460. The van der Waals surface area contributed by atoms with Crippen molar-refractivity contribution < 1.29 is 13.2 Å². The molecule has 2 nitrogen and oxygen atoms in total. The third-order valence-corrected chi connectivity index (χ3v) is 4.02. The zero-order chi connectivity index (χ0) is 14.8.